The standard InChI is InChI=1S/C15H23N3O3/c1-15(2,3)21-14(20)17-11-9-16-10-7-5-6-8-12(10)18(4)13(11)19/h5-8,10-12,16H,9H2,1-4H3,(H,17,20)/t10?,11-,12?/m0/s1. The average molecular weight is 293 g/mol. The normalized spacial score (nSPS) is 28.9. The molecule has 0 aromatic rings. The summed E-state index contributed by atoms with van der Waals surface area (Å²) >= 11 is 0. The summed E-state index contributed by atoms with van der Waals surface area (Å²) in [6.07, 6.45) is 7.30. The fraction of sp³-hybridized carbons (Fsp3) is 0.600. The van der Waals surface area contributed by atoms with Crippen LogP contribution in [0.4, 0.5) is 4.79 Å². The van der Waals surface area contributed by atoms with Crippen molar-refractivity contribution in [1.82, 2.24) is 15.5 Å². The Morgan fingerprint density at radius 1 is 1.38 bits per heavy atom. The average Bonchev–Trinajstić information content (AvgIpc) is 2.50. The highest BCUT2D eigenvalue weighted by atomic mass is 16.6. The number of fused-ring (bicyclic) bond motifs is 1. The second-order valence-electron chi connectivity index (χ2n) is 6.34. The second kappa shape index (κ2) is 5.89. The lowest BCUT2D eigenvalue weighted by Crippen LogP contribution is -2.51. The van der Waals surface area contributed by atoms with E-state index in [1.165, 1.54) is 0 Å². The minimum absolute atomic E-state index is 0.0343. The van der Waals surface area contributed by atoms with Crippen LogP contribution in [0, 0.1) is 0 Å². The Balaban J connectivity index is 2.04. The number of alkyl carbamates (subject to hydrolysis) is 1. The van der Waals surface area contributed by atoms with Crippen molar-refractivity contribution in [2.24, 2.45) is 0 Å². The molecule has 2 rings (SSSR count). The Bertz CT molecular complexity index is 479. The molecule has 0 spiro atoms. The first-order valence-corrected chi connectivity index (χ1v) is 7.12. The summed E-state index contributed by atoms with van der Waals surface area (Å²) in [5, 5.41) is 5.93. The van der Waals surface area contributed by atoms with Crippen LogP contribution < -0.4 is 10.6 Å². The predicted molar refractivity (Wildman–Crippen MR) is 79.8 cm³/mol. The Morgan fingerprint density at radius 2 is 2.05 bits per heavy atom. The summed E-state index contributed by atoms with van der Waals surface area (Å²) in [6.45, 7) is 5.74. The number of ether oxygens (including phenoxy) is 1. The topological polar surface area (TPSA) is 70.7 Å². The zero-order valence-electron chi connectivity index (χ0n) is 12.9. The molecule has 0 aromatic heterocycles. The molecule has 0 aromatic carbocycles. The minimum Gasteiger partial charge on any atom is -0.444 e. The third kappa shape index (κ3) is 3.85. The molecular formula is C15H23N3O3. The van der Waals surface area contributed by atoms with Gasteiger partial charge in [-0.1, -0.05) is 24.3 Å². The number of rotatable bonds is 1. The summed E-state index contributed by atoms with van der Waals surface area (Å²) < 4.78 is 5.21. The van der Waals surface area contributed by atoms with Crippen molar-refractivity contribution in [3.8, 4) is 0 Å². The van der Waals surface area contributed by atoms with Crippen LogP contribution in [0.1, 0.15) is 20.8 Å². The highest BCUT2D eigenvalue weighted by Gasteiger charge is 2.35. The fourth-order valence-electron chi connectivity index (χ4n) is 2.45. The summed E-state index contributed by atoms with van der Waals surface area (Å²) in [4.78, 5) is 26.0. The molecule has 0 saturated carbocycles. The van der Waals surface area contributed by atoms with Crippen molar-refractivity contribution < 1.29 is 14.3 Å². The molecule has 1 aliphatic heterocycles. The third-order valence-corrected chi connectivity index (χ3v) is 3.45. The first-order chi connectivity index (χ1) is 9.78. The molecular weight excluding hydrogens is 270 g/mol. The van der Waals surface area contributed by atoms with Crippen molar-refractivity contribution in [1.29, 1.82) is 0 Å². The molecule has 2 amide bonds. The third-order valence-electron chi connectivity index (χ3n) is 3.45. The number of carbonyl (C=O) groups is 2. The molecule has 1 heterocycles. The number of hydrogen-bond donors (Lipinski definition) is 2. The predicted octanol–water partition coefficient (Wildman–Crippen LogP) is 0.804. The van der Waals surface area contributed by atoms with E-state index in [-0.39, 0.29) is 18.0 Å². The lowest BCUT2D eigenvalue weighted by molar-refractivity contribution is -0.132. The van der Waals surface area contributed by atoms with Gasteiger partial charge in [0.05, 0.1) is 6.04 Å². The lowest BCUT2D eigenvalue weighted by Gasteiger charge is -2.30. The smallest absolute Gasteiger partial charge is 0.408 e. The fourth-order valence-corrected chi connectivity index (χ4v) is 2.45. The van der Waals surface area contributed by atoms with Gasteiger partial charge in [-0.25, -0.2) is 4.79 Å². The monoisotopic (exact) mass is 293 g/mol. The zero-order valence-corrected chi connectivity index (χ0v) is 12.9. The summed E-state index contributed by atoms with van der Waals surface area (Å²) in [7, 11) is 1.75. The molecule has 6 nitrogen and oxygen atoms in total. The maximum absolute atomic E-state index is 12.5. The van der Waals surface area contributed by atoms with Gasteiger partial charge in [0, 0.05) is 19.6 Å². The van der Waals surface area contributed by atoms with Gasteiger partial charge in [0.15, 0.2) is 0 Å². The van der Waals surface area contributed by atoms with Crippen LogP contribution in [0.2, 0.25) is 0 Å². The lowest BCUT2D eigenvalue weighted by atomic mass is 10.0. The minimum atomic E-state index is -0.628. The molecule has 2 N–H and O–H groups in total. The molecule has 0 bridgehead atoms. The Labute approximate surface area is 125 Å². The number of likely N-dealkylation sites (N-methyl/N-ethyl adjacent to an activating group) is 1. The molecule has 2 unspecified atom stereocenters. The molecule has 21 heavy (non-hydrogen) atoms. The van der Waals surface area contributed by atoms with E-state index < -0.39 is 17.7 Å². The SMILES string of the molecule is CN1C(=O)[C@@H](NC(=O)OC(C)(C)C)CNC2C=CC=CC21. The molecule has 2 aliphatic rings. The van der Waals surface area contributed by atoms with E-state index in [9.17, 15) is 9.59 Å². The van der Waals surface area contributed by atoms with E-state index in [2.05, 4.69) is 10.6 Å². The quantitative estimate of drug-likeness (QED) is 0.750. The van der Waals surface area contributed by atoms with Gasteiger partial charge in [-0.05, 0) is 20.8 Å². The summed E-state index contributed by atoms with van der Waals surface area (Å²) in [6, 6.07) is -0.598. The van der Waals surface area contributed by atoms with Gasteiger partial charge >= 0.3 is 6.09 Å². The van der Waals surface area contributed by atoms with Gasteiger partial charge in [-0.15, -0.1) is 0 Å². The summed E-state index contributed by atoms with van der Waals surface area (Å²) in [5.41, 5.74) is -0.587. The number of amides is 2. The van der Waals surface area contributed by atoms with Crippen molar-refractivity contribution >= 4 is 12.0 Å². The maximum Gasteiger partial charge on any atom is 0.408 e. The number of allylic oxidation sites excluding steroid dienone is 2. The number of nitrogens with zero attached hydrogens (tertiary/aromatic N) is 1. The van der Waals surface area contributed by atoms with Crippen LogP contribution in [-0.2, 0) is 9.53 Å². The van der Waals surface area contributed by atoms with E-state index >= 15 is 0 Å². The van der Waals surface area contributed by atoms with Crippen LogP contribution in [0.15, 0.2) is 24.3 Å². The number of nitrogens with one attached hydrogen (secondary N) is 2. The molecule has 116 valence electrons. The molecule has 1 aliphatic carbocycles. The molecule has 0 radical (unpaired) electrons. The van der Waals surface area contributed by atoms with Crippen molar-refractivity contribution in [3.63, 3.8) is 0 Å². The Hall–Kier alpha value is -1.82. The highest BCUT2D eigenvalue weighted by Crippen LogP contribution is 2.16. The Kier molecular flexibility index (Phi) is 4.37. The van der Waals surface area contributed by atoms with Gasteiger partial charge in [-0.2, -0.15) is 0 Å². The van der Waals surface area contributed by atoms with Gasteiger partial charge in [0.1, 0.15) is 11.6 Å². The van der Waals surface area contributed by atoms with Crippen LogP contribution in [0.3, 0.4) is 0 Å². The van der Waals surface area contributed by atoms with Crippen molar-refractivity contribution in [3.05, 3.63) is 24.3 Å². The molecule has 3 atom stereocenters. The van der Waals surface area contributed by atoms with Gasteiger partial charge in [0.2, 0.25) is 5.91 Å². The summed E-state index contributed by atoms with van der Waals surface area (Å²) in [5.74, 6) is -0.124. The van der Waals surface area contributed by atoms with E-state index in [0.717, 1.165) is 0 Å². The number of hydrogen-bond acceptors (Lipinski definition) is 4. The van der Waals surface area contributed by atoms with Gasteiger partial charge in [0.25, 0.3) is 0 Å². The van der Waals surface area contributed by atoms with E-state index in [4.69, 9.17) is 4.74 Å². The van der Waals surface area contributed by atoms with E-state index in [1.54, 1.807) is 32.7 Å². The van der Waals surface area contributed by atoms with E-state index in [0.29, 0.717) is 6.54 Å². The first kappa shape index (κ1) is 15.6. The highest BCUT2D eigenvalue weighted by molar-refractivity contribution is 5.86. The Morgan fingerprint density at radius 3 is 2.71 bits per heavy atom. The van der Waals surface area contributed by atoms with Crippen molar-refractivity contribution in [2.75, 3.05) is 13.6 Å². The van der Waals surface area contributed by atoms with Crippen LogP contribution in [0.5, 0.6) is 0 Å². The number of carbonyl (C=O) groups excluding carboxylic acids is 2. The van der Waals surface area contributed by atoms with Gasteiger partial charge in [-0.3, -0.25) is 4.79 Å². The van der Waals surface area contributed by atoms with Crippen LogP contribution in [-0.4, -0.2) is 54.2 Å². The van der Waals surface area contributed by atoms with E-state index in [1.807, 2.05) is 24.3 Å². The van der Waals surface area contributed by atoms with Crippen LogP contribution >= 0.6 is 0 Å². The van der Waals surface area contributed by atoms with Gasteiger partial charge < -0.3 is 20.3 Å². The maximum atomic E-state index is 12.5. The molecule has 1 saturated heterocycles. The largest absolute Gasteiger partial charge is 0.444 e. The first-order valence-electron chi connectivity index (χ1n) is 7.12. The molecule has 1 fully saturated rings. The zero-order chi connectivity index (χ0) is 15.6. The van der Waals surface area contributed by atoms with Crippen LogP contribution in [0.25, 0.3) is 0 Å². The molecule has 6 heteroatoms. The second-order valence-corrected chi connectivity index (χ2v) is 6.34. The van der Waals surface area contributed by atoms with Crippen molar-refractivity contribution in [2.45, 2.75) is 44.5 Å².